The molecule has 7 nitrogen and oxygen atoms in total. The first kappa shape index (κ1) is 24.5. The largest absolute Gasteiger partial charge is 0.496 e. The molecule has 1 unspecified atom stereocenters. The number of ether oxygens (including phenoxy) is 4. The molecule has 2 aromatic carbocycles. The number of anilines is 1. The van der Waals surface area contributed by atoms with Gasteiger partial charge >= 0.3 is 0 Å². The van der Waals surface area contributed by atoms with Gasteiger partial charge in [-0.3, -0.25) is 4.79 Å². The molecular formula is C28H33NO6. The summed E-state index contributed by atoms with van der Waals surface area (Å²) in [7, 11) is 4.56. The molecule has 1 amide bonds. The van der Waals surface area contributed by atoms with E-state index in [1.54, 1.807) is 31.4 Å². The Bertz CT molecular complexity index is 1220. The molecule has 1 atom stereocenters. The summed E-state index contributed by atoms with van der Waals surface area (Å²) in [4.78, 5) is 12.9. The lowest BCUT2D eigenvalue weighted by molar-refractivity contribution is 0.0991. The van der Waals surface area contributed by atoms with Gasteiger partial charge < -0.3 is 28.7 Å². The Labute approximate surface area is 206 Å². The van der Waals surface area contributed by atoms with Gasteiger partial charge in [0.1, 0.15) is 28.7 Å². The maximum Gasteiger partial charge on any atom is 0.291 e. The van der Waals surface area contributed by atoms with Crippen LogP contribution in [0.15, 0.2) is 40.8 Å². The van der Waals surface area contributed by atoms with E-state index in [1.165, 1.54) is 25.3 Å². The Morgan fingerprint density at radius 1 is 1.00 bits per heavy atom. The van der Waals surface area contributed by atoms with Gasteiger partial charge in [0.2, 0.25) is 0 Å². The molecule has 1 aliphatic rings. The van der Waals surface area contributed by atoms with Crippen LogP contribution >= 0.6 is 0 Å². The number of benzene rings is 2. The van der Waals surface area contributed by atoms with Gasteiger partial charge in [-0.25, -0.2) is 0 Å². The number of carbonyl (C=O) groups is 1. The predicted octanol–water partition coefficient (Wildman–Crippen LogP) is 6.52. The number of hydrogen-bond donors (Lipinski definition) is 1. The van der Waals surface area contributed by atoms with Crippen LogP contribution in [0.2, 0.25) is 0 Å². The molecule has 3 aromatic rings. The van der Waals surface area contributed by atoms with E-state index in [2.05, 4.69) is 38.2 Å². The summed E-state index contributed by atoms with van der Waals surface area (Å²) in [6.45, 7) is 8.88. The number of furan rings is 1. The van der Waals surface area contributed by atoms with Crippen LogP contribution in [0.4, 0.5) is 5.69 Å². The number of carbonyl (C=O) groups excluding carboxylic acids is 1. The topological polar surface area (TPSA) is 79.2 Å². The Morgan fingerprint density at radius 3 is 2.31 bits per heavy atom. The first-order valence-corrected chi connectivity index (χ1v) is 11.7. The fraction of sp³-hybridized carbons (Fsp3) is 0.393. The fourth-order valence-corrected chi connectivity index (χ4v) is 4.99. The molecule has 1 N–H and O–H groups in total. The maximum atomic E-state index is 12.9. The van der Waals surface area contributed by atoms with Crippen LogP contribution in [-0.2, 0) is 11.8 Å². The molecule has 0 radical (unpaired) electrons. The molecule has 0 fully saturated rings. The van der Waals surface area contributed by atoms with E-state index >= 15 is 0 Å². The van der Waals surface area contributed by atoms with Crippen molar-refractivity contribution in [3.05, 3.63) is 58.8 Å². The highest BCUT2D eigenvalue weighted by Crippen LogP contribution is 2.43. The quantitative estimate of drug-likeness (QED) is 0.416. The highest BCUT2D eigenvalue weighted by Gasteiger charge is 2.32. The summed E-state index contributed by atoms with van der Waals surface area (Å²) >= 11 is 0. The average molecular weight is 480 g/mol. The monoisotopic (exact) mass is 479 g/mol. The van der Waals surface area contributed by atoms with Crippen molar-refractivity contribution < 1.29 is 28.2 Å². The minimum absolute atomic E-state index is 0.0729. The van der Waals surface area contributed by atoms with Crippen LogP contribution in [0.5, 0.6) is 28.9 Å². The lowest BCUT2D eigenvalue weighted by atomic mass is 9.68. The van der Waals surface area contributed by atoms with Gasteiger partial charge in [-0.05, 0) is 59.9 Å². The van der Waals surface area contributed by atoms with E-state index in [0.29, 0.717) is 28.9 Å². The number of fused-ring (bicyclic) bond motifs is 1. The second kappa shape index (κ2) is 9.56. The second-order valence-electron chi connectivity index (χ2n) is 9.75. The maximum absolute atomic E-state index is 12.9. The van der Waals surface area contributed by atoms with Gasteiger partial charge in [0.15, 0.2) is 5.76 Å². The molecule has 1 aliphatic carbocycles. The second-order valence-corrected chi connectivity index (χ2v) is 9.75. The van der Waals surface area contributed by atoms with Crippen LogP contribution in [0, 0.1) is 12.8 Å². The zero-order chi connectivity index (χ0) is 25.3. The van der Waals surface area contributed by atoms with E-state index in [-0.39, 0.29) is 17.1 Å². The molecule has 4 rings (SSSR count). The molecule has 7 heteroatoms. The first-order chi connectivity index (χ1) is 16.6. The van der Waals surface area contributed by atoms with Crippen molar-refractivity contribution in [3.63, 3.8) is 0 Å². The van der Waals surface area contributed by atoms with Crippen molar-refractivity contribution in [1.82, 2.24) is 0 Å². The van der Waals surface area contributed by atoms with Gasteiger partial charge in [0.05, 0.1) is 21.3 Å². The van der Waals surface area contributed by atoms with Crippen molar-refractivity contribution in [2.45, 2.75) is 46.0 Å². The Balaban J connectivity index is 1.56. The lowest BCUT2D eigenvalue weighted by Crippen LogP contribution is -2.28. The number of methoxy groups -OCH3 is 3. The summed E-state index contributed by atoms with van der Waals surface area (Å²) in [5.74, 6) is 2.61. The fourth-order valence-electron chi connectivity index (χ4n) is 4.99. The van der Waals surface area contributed by atoms with Gasteiger partial charge in [0, 0.05) is 18.2 Å². The lowest BCUT2D eigenvalue weighted by Gasteiger charge is -2.36. The van der Waals surface area contributed by atoms with Crippen molar-refractivity contribution >= 4 is 11.6 Å². The molecule has 1 aromatic heterocycles. The van der Waals surface area contributed by atoms with E-state index in [1.807, 2.05) is 6.92 Å². The minimum atomic E-state index is -0.459. The van der Waals surface area contributed by atoms with Crippen LogP contribution in [0.3, 0.4) is 0 Å². The van der Waals surface area contributed by atoms with E-state index < -0.39 is 5.91 Å². The molecule has 186 valence electrons. The molecule has 0 saturated carbocycles. The zero-order valence-corrected chi connectivity index (χ0v) is 21.4. The molecule has 1 heterocycles. The summed E-state index contributed by atoms with van der Waals surface area (Å²) < 4.78 is 27.9. The zero-order valence-electron chi connectivity index (χ0n) is 21.4. The Morgan fingerprint density at radius 2 is 1.69 bits per heavy atom. The normalized spacial score (nSPS) is 16.3. The molecule has 0 aliphatic heterocycles. The van der Waals surface area contributed by atoms with Crippen LogP contribution in [0.25, 0.3) is 0 Å². The van der Waals surface area contributed by atoms with Gasteiger partial charge in [0.25, 0.3) is 11.9 Å². The molecule has 0 bridgehead atoms. The number of rotatable bonds is 7. The molecule has 0 saturated heterocycles. The Kier molecular flexibility index (Phi) is 6.70. The number of amides is 1. The highest BCUT2D eigenvalue weighted by atomic mass is 16.6. The standard InChI is InChI=1S/C28H33NO6/c1-16-10-18-11-17(2)22(14-20(18)28(3,4)15-16)35-25-9-8-21(34-25)27(30)29-26-23(32-6)12-19(31-5)13-24(26)33-7/h8-9,11-14,16H,10,15H2,1-7H3,(H,29,30). The first-order valence-electron chi connectivity index (χ1n) is 11.7. The third kappa shape index (κ3) is 4.94. The third-order valence-electron chi connectivity index (χ3n) is 6.53. The van der Waals surface area contributed by atoms with Gasteiger partial charge in [-0.2, -0.15) is 0 Å². The third-order valence-corrected chi connectivity index (χ3v) is 6.53. The highest BCUT2D eigenvalue weighted by molar-refractivity contribution is 6.04. The van der Waals surface area contributed by atoms with Crippen LogP contribution in [-0.4, -0.2) is 27.2 Å². The van der Waals surface area contributed by atoms with E-state index in [9.17, 15) is 4.79 Å². The van der Waals surface area contributed by atoms with Crippen LogP contribution < -0.4 is 24.3 Å². The van der Waals surface area contributed by atoms with Crippen molar-refractivity contribution in [1.29, 1.82) is 0 Å². The summed E-state index contributed by atoms with van der Waals surface area (Å²) in [5.41, 5.74) is 4.16. The molecule has 35 heavy (non-hydrogen) atoms. The van der Waals surface area contributed by atoms with Crippen LogP contribution in [0.1, 0.15) is 54.4 Å². The number of aryl methyl sites for hydroxylation is 1. The SMILES string of the molecule is COc1cc(OC)c(NC(=O)c2ccc(Oc3cc4c(cc3C)CC(C)CC4(C)C)o2)c(OC)c1. The molecular weight excluding hydrogens is 446 g/mol. The summed E-state index contributed by atoms with van der Waals surface area (Å²) in [6, 6.07) is 10.9. The van der Waals surface area contributed by atoms with Gasteiger partial charge in [-0.1, -0.05) is 26.8 Å². The minimum Gasteiger partial charge on any atom is -0.496 e. The average Bonchev–Trinajstić information content (AvgIpc) is 3.28. The van der Waals surface area contributed by atoms with Crippen molar-refractivity contribution in [2.24, 2.45) is 5.92 Å². The smallest absolute Gasteiger partial charge is 0.291 e. The summed E-state index contributed by atoms with van der Waals surface area (Å²) in [6.07, 6.45) is 2.20. The Hall–Kier alpha value is -3.61. The van der Waals surface area contributed by atoms with Crippen molar-refractivity contribution in [3.8, 4) is 28.9 Å². The molecule has 0 spiro atoms. The van der Waals surface area contributed by atoms with Gasteiger partial charge in [-0.15, -0.1) is 0 Å². The predicted molar refractivity (Wildman–Crippen MR) is 135 cm³/mol. The van der Waals surface area contributed by atoms with Crippen molar-refractivity contribution in [2.75, 3.05) is 26.6 Å². The number of hydrogen-bond acceptors (Lipinski definition) is 6. The summed E-state index contributed by atoms with van der Waals surface area (Å²) in [5, 5.41) is 2.80. The number of nitrogens with one attached hydrogen (secondary N) is 1. The van der Waals surface area contributed by atoms with E-state index in [4.69, 9.17) is 23.4 Å². The van der Waals surface area contributed by atoms with E-state index in [0.717, 1.165) is 24.2 Å².